The summed E-state index contributed by atoms with van der Waals surface area (Å²) in [7, 11) is 1.34. The van der Waals surface area contributed by atoms with Crippen LogP contribution in [-0.2, 0) is 22.5 Å². The minimum absolute atomic E-state index is 0.136. The lowest BCUT2D eigenvalue weighted by Crippen LogP contribution is -2.43. The van der Waals surface area contributed by atoms with E-state index in [0.717, 1.165) is 47.7 Å². The predicted octanol–water partition coefficient (Wildman–Crippen LogP) is 5.31. The van der Waals surface area contributed by atoms with Crippen molar-refractivity contribution in [2.45, 2.75) is 38.8 Å². The van der Waals surface area contributed by atoms with Crippen molar-refractivity contribution in [1.29, 1.82) is 0 Å². The molecule has 3 heterocycles. The van der Waals surface area contributed by atoms with Crippen molar-refractivity contribution in [1.82, 2.24) is 14.5 Å². The Hall–Kier alpha value is -3.10. The Labute approximate surface area is 211 Å². The summed E-state index contributed by atoms with van der Waals surface area (Å²) in [6.45, 7) is 4.09. The number of fused-ring (bicyclic) bond motifs is 4. The summed E-state index contributed by atoms with van der Waals surface area (Å²) in [6, 6.07) is 12.6. The van der Waals surface area contributed by atoms with E-state index in [-0.39, 0.29) is 24.2 Å². The summed E-state index contributed by atoms with van der Waals surface area (Å²) in [4.78, 5) is 31.1. The number of anilines is 1. The van der Waals surface area contributed by atoms with Crippen molar-refractivity contribution in [3.05, 3.63) is 63.4 Å². The summed E-state index contributed by atoms with van der Waals surface area (Å²) in [6.07, 6.45) is 3.25. The number of ether oxygens (including phenoxy) is 1. The summed E-state index contributed by atoms with van der Waals surface area (Å²) in [5, 5.41) is 5.15. The van der Waals surface area contributed by atoms with Gasteiger partial charge in [0, 0.05) is 45.1 Å². The van der Waals surface area contributed by atoms with Gasteiger partial charge in [-0.1, -0.05) is 27.6 Å². The number of nitrogens with one attached hydrogen (secondary N) is 2. The smallest absolute Gasteiger partial charge is 0.356 e. The number of hydrogen-bond donors (Lipinski definition) is 2. The minimum atomic E-state index is -0.512. The van der Waals surface area contributed by atoms with Gasteiger partial charge in [-0.3, -0.25) is 9.69 Å². The number of H-pyrrole nitrogens is 1. The van der Waals surface area contributed by atoms with Crippen LogP contribution in [0.3, 0.4) is 0 Å². The molecule has 2 aromatic heterocycles. The maximum absolute atomic E-state index is 13.3. The largest absolute Gasteiger partial charge is 0.464 e. The first-order valence-corrected chi connectivity index (χ1v) is 12.8. The third kappa shape index (κ3) is 3.67. The van der Waals surface area contributed by atoms with Gasteiger partial charge in [-0.25, -0.2) is 4.79 Å². The number of halogens is 1. The van der Waals surface area contributed by atoms with Crippen molar-refractivity contribution < 1.29 is 14.3 Å². The standard InChI is InChI=1S/C27H27BrN4O3/c1-15-6-9-21-18(12-15)17-4-3-5-22-26(17)32(21)11-10-31(22)14-23(33)30-24-19-13-16(28)7-8-20(19)29-25(24)27(34)35-2/h6-9,12-13,22,29H,3-5,10-11,14H2,1-2H3,(H,30,33)/t22-/m0/s1. The van der Waals surface area contributed by atoms with Gasteiger partial charge in [0.15, 0.2) is 0 Å². The second-order valence-corrected chi connectivity index (χ2v) is 10.4. The highest BCUT2D eigenvalue weighted by atomic mass is 79.9. The molecule has 1 atom stereocenters. The SMILES string of the molecule is COC(=O)c1[nH]c2ccc(Br)cc2c1NC(=O)CN1CCn2c3c(c4cc(C)ccc42)CCC[C@@H]31. The molecule has 2 aromatic carbocycles. The topological polar surface area (TPSA) is 79.4 Å². The van der Waals surface area contributed by atoms with Gasteiger partial charge in [-0.05, 0) is 62.1 Å². The number of aryl methyl sites for hydroxylation is 2. The molecule has 0 fully saturated rings. The molecule has 7 nitrogen and oxygen atoms in total. The van der Waals surface area contributed by atoms with E-state index in [4.69, 9.17) is 4.74 Å². The first-order chi connectivity index (χ1) is 16.9. The van der Waals surface area contributed by atoms with E-state index >= 15 is 0 Å². The van der Waals surface area contributed by atoms with E-state index < -0.39 is 5.97 Å². The van der Waals surface area contributed by atoms with Gasteiger partial charge < -0.3 is 19.6 Å². The van der Waals surface area contributed by atoms with Crippen LogP contribution in [0.1, 0.15) is 46.2 Å². The normalized spacial score (nSPS) is 17.5. The number of rotatable bonds is 4. The minimum Gasteiger partial charge on any atom is -0.464 e. The molecule has 6 rings (SSSR count). The van der Waals surface area contributed by atoms with Crippen LogP contribution in [0.5, 0.6) is 0 Å². The second-order valence-electron chi connectivity index (χ2n) is 9.52. The van der Waals surface area contributed by atoms with E-state index in [0.29, 0.717) is 5.69 Å². The molecule has 0 spiro atoms. The lowest BCUT2D eigenvalue weighted by atomic mass is 9.89. The molecule has 1 aliphatic carbocycles. The van der Waals surface area contributed by atoms with Crippen LogP contribution in [0.2, 0.25) is 0 Å². The Bertz CT molecular complexity index is 1500. The molecule has 1 amide bonds. The molecule has 8 heteroatoms. The number of aromatic amines is 1. The van der Waals surface area contributed by atoms with Crippen molar-refractivity contribution in [3.8, 4) is 0 Å². The Kier molecular flexibility index (Phi) is 5.45. The lowest BCUT2D eigenvalue weighted by molar-refractivity contribution is -0.118. The zero-order valence-electron chi connectivity index (χ0n) is 19.8. The van der Waals surface area contributed by atoms with Crippen LogP contribution in [0.15, 0.2) is 40.9 Å². The number of carbonyl (C=O) groups is 2. The summed E-state index contributed by atoms with van der Waals surface area (Å²) >= 11 is 3.49. The number of aromatic nitrogens is 2. The Balaban J connectivity index is 1.30. The molecule has 0 unspecified atom stereocenters. The molecular formula is C27H27BrN4O3. The van der Waals surface area contributed by atoms with Crippen LogP contribution in [0.4, 0.5) is 5.69 Å². The van der Waals surface area contributed by atoms with Crippen LogP contribution in [-0.4, -0.2) is 46.5 Å². The molecule has 180 valence electrons. The van der Waals surface area contributed by atoms with Crippen LogP contribution >= 0.6 is 15.9 Å². The summed E-state index contributed by atoms with van der Waals surface area (Å²) in [5.74, 6) is -0.647. The molecule has 1 aliphatic heterocycles. The van der Waals surface area contributed by atoms with Gasteiger partial charge in [-0.15, -0.1) is 0 Å². The van der Waals surface area contributed by atoms with Crippen LogP contribution < -0.4 is 5.32 Å². The molecule has 2 aliphatic rings. The quantitative estimate of drug-likeness (QED) is 0.347. The molecule has 35 heavy (non-hydrogen) atoms. The number of nitrogens with zero attached hydrogens (tertiary/aromatic N) is 2. The first-order valence-electron chi connectivity index (χ1n) is 12.0. The van der Waals surface area contributed by atoms with Gasteiger partial charge in [0.1, 0.15) is 5.69 Å². The number of esters is 1. The van der Waals surface area contributed by atoms with Crippen molar-refractivity contribution in [2.24, 2.45) is 0 Å². The predicted molar refractivity (Wildman–Crippen MR) is 140 cm³/mol. The van der Waals surface area contributed by atoms with Crippen LogP contribution in [0.25, 0.3) is 21.8 Å². The molecular weight excluding hydrogens is 508 g/mol. The van der Waals surface area contributed by atoms with Gasteiger partial charge in [0.25, 0.3) is 0 Å². The molecule has 0 saturated heterocycles. The van der Waals surface area contributed by atoms with E-state index in [9.17, 15) is 9.59 Å². The third-order valence-corrected chi connectivity index (χ3v) is 7.89. The van der Waals surface area contributed by atoms with Crippen molar-refractivity contribution >= 4 is 55.3 Å². The number of amides is 1. The second kappa shape index (κ2) is 8.53. The molecule has 0 bridgehead atoms. The average Bonchev–Trinajstić information content (AvgIpc) is 3.36. The first kappa shape index (κ1) is 22.4. The zero-order valence-corrected chi connectivity index (χ0v) is 21.4. The molecule has 2 N–H and O–H groups in total. The fraction of sp³-hybridized carbons (Fsp3) is 0.333. The Morgan fingerprint density at radius 3 is 2.86 bits per heavy atom. The van der Waals surface area contributed by atoms with E-state index in [2.05, 4.69) is 60.8 Å². The monoisotopic (exact) mass is 534 g/mol. The maximum atomic E-state index is 13.3. The maximum Gasteiger partial charge on any atom is 0.356 e. The fourth-order valence-corrected chi connectivity index (χ4v) is 6.25. The highest BCUT2D eigenvalue weighted by molar-refractivity contribution is 9.10. The summed E-state index contributed by atoms with van der Waals surface area (Å²) in [5.41, 5.74) is 6.89. The Morgan fingerprint density at radius 1 is 1.17 bits per heavy atom. The van der Waals surface area contributed by atoms with Gasteiger partial charge in [0.05, 0.1) is 25.4 Å². The summed E-state index contributed by atoms with van der Waals surface area (Å²) < 4.78 is 8.29. The molecule has 0 saturated carbocycles. The highest BCUT2D eigenvalue weighted by Crippen LogP contribution is 2.42. The van der Waals surface area contributed by atoms with E-state index in [1.165, 1.54) is 34.8 Å². The van der Waals surface area contributed by atoms with Gasteiger partial charge in [-0.2, -0.15) is 0 Å². The Morgan fingerprint density at radius 2 is 2.03 bits per heavy atom. The van der Waals surface area contributed by atoms with Crippen LogP contribution in [0, 0.1) is 6.92 Å². The van der Waals surface area contributed by atoms with Crippen molar-refractivity contribution in [2.75, 3.05) is 25.5 Å². The number of methoxy groups -OCH3 is 1. The number of benzene rings is 2. The highest BCUT2D eigenvalue weighted by Gasteiger charge is 2.35. The zero-order chi connectivity index (χ0) is 24.3. The average molecular weight is 535 g/mol. The van der Waals surface area contributed by atoms with Gasteiger partial charge >= 0.3 is 5.97 Å². The number of hydrogen-bond acceptors (Lipinski definition) is 4. The van der Waals surface area contributed by atoms with E-state index in [1.807, 2.05) is 18.2 Å². The van der Waals surface area contributed by atoms with Crippen molar-refractivity contribution in [3.63, 3.8) is 0 Å². The number of carbonyl (C=O) groups excluding carboxylic acids is 2. The molecule has 4 aromatic rings. The molecule has 0 radical (unpaired) electrons. The fourth-order valence-electron chi connectivity index (χ4n) is 5.89. The third-order valence-electron chi connectivity index (χ3n) is 7.40. The van der Waals surface area contributed by atoms with E-state index in [1.54, 1.807) is 0 Å². The lowest BCUT2D eigenvalue weighted by Gasteiger charge is -2.39. The van der Waals surface area contributed by atoms with Gasteiger partial charge in [0.2, 0.25) is 5.91 Å².